The lowest BCUT2D eigenvalue weighted by Gasteiger charge is -2.17. The van der Waals surface area contributed by atoms with Gasteiger partial charge in [0.15, 0.2) is 5.82 Å². The molecule has 24 heavy (non-hydrogen) atoms. The van der Waals surface area contributed by atoms with Crippen LogP contribution >= 0.6 is 0 Å². The predicted molar refractivity (Wildman–Crippen MR) is 93.5 cm³/mol. The van der Waals surface area contributed by atoms with E-state index >= 15 is 0 Å². The van der Waals surface area contributed by atoms with Crippen LogP contribution in [0.15, 0.2) is 48.9 Å². The molecule has 0 radical (unpaired) electrons. The van der Waals surface area contributed by atoms with Crippen LogP contribution in [0, 0.1) is 0 Å². The molecule has 5 heteroatoms. The second-order valence-electron chi connectivity index (χ2n) is 6.34. The average Bonchev–Trinajstić information content (AvgIpc) is 3.06. The molecule has 0 aliphatic carbocycles. The van der Waals surface area contributed by atoms with Crippen LogP contribution in [0.3, 0.4) is 0 Å². The number of nitrogens with zero attached hydrogens (tertiary/aromatic N) is 5. The fraction of sp³-hybridized carbons (Fsp3) is 0.263. The fourth-order valence-electron chi connectivity index (χ4n) is 2.89. The molecule has 0 bridgehead atoms. The van der Waals surface area contributed by atoms with Crippen LogP contribution in [-0.4, -0.2) is 19.9 Å². The summed E-state index contributed by atoms with van der Waals surface area (Å²) in [5.74, 6) is 2.12. The van der Waals surface area contributed by atoms with Gasteiger partial charge in [-0.25, -0.2) is 19.9 Å². The Morgan fingerprint density at radius 1 is 1.00 bits per heavy atom. The molecule has 0 saturated heterocycles. The molecule has 0 fully saturated rings. The third-order valence-electron chi connectivity index (χ3n) is 4.28. The van der Waals surface area contributed by atoms with Gasteiger partial charge in [-0.3, -0.25) is 0 Å². The van der Waals surface area contributed by atoms with Crippen LogP contribution in [0.4, 0.5) is 5.82 Å². The van der Waals surface area contributed by atoms with E-state index in [9.17, 15) is 0 Å². The summed E-state index contributed by atoms with van der Waals surface area (Å²) in [6, 6.07) is 12.2. The maximum Gasteiger partial charge on any atom is 0.159 e. The first-order valence-electron chi connectivity index (χ1n) is 8.18. The number of anilines is 1. The summed E-state index contributed by atoms with van der Waals surface area (Å²) in [5.41, 5.74) is 4.35. The third kappa shape index (κ3) is 2.73. The number of benzene rings is 1. The highest BCUT2D eigenvalue weighted by Crippen LogP contribution is 2.28. The lowest BCUT2D eigenvalue weighted by atomic mass is 10.1. The Balaban J connectivity index is 1.61. The van der Waals surface area contributed by atoms with Crippen LogP contribution in [0.25, 0.3) is 11.4 Å². The van der Waals surface area contributed by atoms with Crippen molar-refractivity contribution in [3.8, 4) is 11.4 Å². The maximum atomic E-state index is 4.76. The van der Waals surface area contributed by atoms with Crippen molar-refractivity contribution in [3.63, 3.8) is 0 Å². The second-order valence-corrected chi connectivity index (χ2v) is 6.34. The Bertz CT molecular complexity index is 861. The Morgan fingerprint density at radius 3 is 2.62 bits per heavy atom. The van der Waals surface area contributed by atoms with Gasteiger partial charge in [-0.15, -0.1) is 0 Å². The van der Waals surface area contributed by atoms with Crippen molar-refractivity contribution in [1.29, 1.82) is 0 Å². The van der Waals surface area contributed by atoms with Gasteiger partial charge in [-0.2, -0.15) is 0 Å². The van der Waals surface area contributed by atoms with Crippen molar-refractivity contribution in [2.75, 3.05) is 4.90 Å². The predicted octanol–water partition coefficient (Wildman–Crippen LogP) is 3.58. The Labute approximate surface area is 141 Å². The monoisotopic (exact) mass is 317 g/mol. The molecule has 5 nitrogen and oxygen atoms in total. The normalized spacial score (nSPS) is 13.4. The van der Waals surface area contributed by atoms with Crippen molar-refractivity contribution < 1.29 is 0 Å². The molecule has 0 atom stereocenters. The van der Waals surface area contributed by atoms with Gasteiger partial charge < -0.3 is 4.90 Å². The van der Waals surface area contributed by atoms with Gasteiger partial charge in [0, 0.05) is 35.6 Å². The molecule has 3 aromatic rings. The number of rotatable bonds is 3. The Kier molecular flexibility index (Phi) is 3.69. The van der Waals surface area contributed by atoms with E-state index in [1.807, 2.05) is 36.5 Å². The molecule has 2 aromatic heterocycles. The van der Waals surface area contributed by atoms with Gasteiger partial charge in [0.2, 0.25) is 0 Å². The number of aromatic nitrogens is 4. The fourth-order valence-corrected chi connectivity index (χ4v) is 2.89. The highest BCUT2D eigenvalue weighted by molar-refractivity contribution is 5.56. The van der Waals surface area contributed by atoms with E-state index in [1.165, 1.54) is 5.56 Å². The first kappa shape index (κ1) is 14.8. The van der Waals surface area contributed by atoms with Crippen LogP contribution in [0.5, 0.6) is 0 Å². The van der Waals surface area contributed by atoms with Crippen LogP contribution in [0.1, 0.15) is 36.7 Å². The largest absolute Gasteiger partial charge is 0.346 e. The smallest absolute Gasteiger partial charge is 0.159 e. The summed E-state index contributed by atoms with van der Waals surface area (Å²) >= 11 is 0. The van der Waals surface area contributed by atoms with E-state index < -0.39 is 0 Å². The van der Waals surface area contributed by atoms with Gasteiger partial charge in [0.05, 0.1) is 12.2 Å². The zero-order valence-corrected chi connectivity index (χ0v) is 13.8. The molecule has 120 valence electrons. The van der Waals surface area contributed by atoms with Crippen LogP contribution in [0.2, 0.25) is 0 Å². The molecular formula is C19H19N5. The second kappa shape index (κ2) is 6.00. The third-order valence-corrected chi connectivity index (χ3v) is 4.28. The van der Waals surface area contributed by atoms with Gasteiger partial charge >= 0.3 is 0 Å². The topological polar surface area (TPSA) is 54.8 Å². The molecular weight excluding hydrogens is 298 g/mol. The molecule has 0 N–H and O–H groups in total. The molecule has 0 spiro atoms. The molecule has 1 aromatic carbocycles. The minimum atomic E-state index is 0.390. The van der Waals surface area contributed by atoms with Crippen LogP contribution in [-0.2, 0) is 13.1 Å². The number of hydrogen-bond acceptors (Lipinski definition) is 5. The highest BCUT2D eigenvalue weighted by atomic mass is 15.2. The highest BCUT2D eigenvalue weighted by Gasteiger charge is 2.23. The SMILES string of the molecule is CC(C)c1cc(N2Cc3cnc(-c4ccccc4)nc3C2)ncn1. The van der Waals surface area contributed by atoms with Crippen molar-refractivity contribution >= 4 is 5.82 Å². The number of hydrogen-bond donors (Lipinski definition) is 0. The van der Waals surface area contributed by atoms with Gasteiger partial charge in [0.1, 0.15) is 12.1 Å². The van der Waals surface area contributed by atoms with Gasteiger partial charge in [0.25, 0.3) is 0 Å². The van der Waals surface area contributed by atoms with E-state index in [1.54, 1.807) is 6.33 Å². The maximum absolute atomic E-state index is 4.76. The molecule has 0 amide bonds. The van der Waals surface area contributed by atoms with Crippen molar-refractivity contribution in [2.24, 2.45) is 0 Å². The standard InChI is InChI=1S/C19H19N5/c1-13(2)16-8-18(22-12-21-16)24-10-15-9-20-19(23-17(15)11-24)14-6-4-3-5-7-14/h3-9,12-13H,10-11H2,1-2H3. The summed E-state index contributed by atoms with van der Waals surface area (Å²) in [5, 5.41) is 0. The summed E-state index contributed by atoms with van der Waals surface area (Å²) in [6.45, 7) is 5.83. The molecule has 0 saturated carbocycles. The first-order valence-corrected chi connectivity index (χ1v) is 8.18. The van der Waals surface area contributed by atoms with E-state index in [4.69, 9.17) is 4.98 Å². The molecule has 4 rings (SSSR count). The van der Waals surface area contributed by atoms with Gasteiger partial charge in [-0.1, -0.05) is 44.2 Å². The minimum Gasteiger partial charge on any atom is -0.346 e. The summed E-state index contributed by atoms with van der Waals surface area (Å²) in [6.07, 6.45) is 3.59. The van der Waals surface area contributed by atoms with E-state index in [2.05, 4.69) is 39.8 Å². The molecule has 1 aliphatic rings. The van der Waals surface area contributed by atoms with Crippen molar-refractivity contribution in [3.05, 3.63) is 65.9 Å². The quantitative estimate of drug-likeness (QED) is 0.739. The molecule has 3 heterocycles. The minimum absolute atomic E-state index is 0.390. The number of fused-ring (bicyclic) bond motifs is 1. The Hall–Kier alpha value is -2.82. The summed E-state index contributed by atoms with van der Waals surface area (Å²) in [4.78, 5) is 20.3. The lowest BCUT2D eigenvalue weighted by molar-refractivity contribution is 0.792. The average molecular weight is 317 g/mol. The summed E-state index contributed by atoms with van der Waals surface area (Å²) in [7, 11) is 0. The van der Waals surface area contributed by atoms with Gasteiger partial charge in [-0.05, 0) is 5.92 Å². The molecule has 0 unspecified atom stereocenters. The zero-order valence-electron chi connectivity index (χ0n) is 13.8. The van der Waals surface area contributed by atoms with Crippen molar-refractivity contribution in [2.45, 2.75) is 32.9 Å². The van der Waals surface area contributed by atoms with E-state index in [-0.39, 0.29) is 0 Å². The lowest BCUT2D eigenvalue weighted by Crippen LogP contribution is -2.16. The zero-order chi connectivity index (χ0) is 16.5. The molecule has 1 aliphatic heterocycles. The summed E-state index contributed by atoms with van der Waals surface area (Å²) < 4.78 is 0. The Morgan fingerprint density at radius 2 is 1.83 bits per heavy atom. The van der Waals surface area contributed by atoms with Crippen LogP contribution < -0.4 is 4.90 Å². The van der Waals surface area contributed by atoms with Crippen molar-refractivity contribution in [1.82, 2.24) is 19.9 Å². The van der Waals surface area contributed by atoms with E-state index in [0.29, 0.717) is 5.92 Å². The first-order chi connectivity index (χ1) is 11.7. The van der Waals surface area contributed by atoms with E-state index in [0.717, 1.165) is 41.7 Å².